The largest absolute Gasteiger partial charge is 0.390 e. The molecule has 1 aromatic carbocycles. The molecular formula is C23H36IN5O2S. The average Bonchev–Trinajstić information content (AvgIpc) is 3.24. The second kappa shape index (κ2) is 13.4. The van der Waals surface area contributed by atoms with Gasteiger partial charge in [0.05, 0.1) is 24.9 Å². The van der Waals surface area contributed by atoms with E-state index in [2.05, 4.69) is 49.8 Å². The van der Waals surface area contributed by atoms with Crippen LogP contribution in [0.4, 0.5) is 0 Å². The molecule has 2 unspecified atom stereocenters. The third-order valence-corrected chi connectivity index (χ3v) is 6.55. The topological polar surface area (TPSA) is 73.2 Å². The Hall–Kier alpha value is -1.27. The van der Waals surface area contributed by atoms with Crippen molar-refractivity contribution < 1.29 is 9.84 Å². The third kappa shape index (κ3) is 7.65. The van der Waals surface area contributed by atoms with Gasteiger partial charge in [0, 0.05) is 45.7 Å². The monoisotopic (exact) mass is 573 g/mol. The molecule has 7 nitrogen and oxygen atoms in total. The number of hydrogen-bond acceptors (Lipinski definition) is 6. The Labute approximate surface area is 212 Å². The van der Waals surface area contributed by atoms with E-state index in [4.69, 9.17) is 4.74 Å². The summed E-state index contributed by atoms with van der Waals surface area (Å²) in [7, 11) is 3.69. The van der Waals surface area contributed by atoms with E-state index in [1.165, 1.54) is 11.1 Å². The molecule has 2 heterocycles. The molecule has 32 heavy (non-hydrogen) atoms. The Morgan fingerprint density at radius 3 is 2.84 bits per heavy atom. The summed E-state index contributed by atoms with van der Waals surface area (Å²) in [6.45, 7) is 8.33. The van der Waals surface area contributed by atoms with Gasteiger partial charge in [-0.1, -0.05) is 24.3 Å². The number of aromatic nitrogens is 1. The summed E-state index contributed by atoms with van der Waals surface area (Å²) in [5.41, 5.74) is 3.78. The van der Waals surface area contributed by atoms with Gasteiger partial charge in [0.2, 0.25) is 0 Å². The van der Waals surface area contributed by atoms with Crippen LogP contribution in [0.1, 0.15) is 41.8 Å². The molecular weight excluding hydrogens is 537 g/mol. The molecule has 0 radical (unpaired) electrons. The van der Waals surface area contributed by atoms with E-state index in [-0.39, 0.29) is 30.1 Å². The summed E-state index contributed by atoms with van der Waals surface area (Å²) in [5, 5.41) is 17.0. The molecule has 0 saturated carbocycles. The molecule has 3 rings (SSSR count). The highest BCUT2D eigenvalue weighted by Crippen LogP contribution is 2.21. The fourth-order valence-corrected chi connectivity index (χ4v) is 4.57. The van der Waals surface area contributed by atoms with Crippen molar-refractivity contribution in [3.63, 3.8) is 0 Å². The van der Waals surface area contributed by atoms with Gasteiger partial charge < -0.3 is 20.1 Å². The first kappa shape index (κ1) is 27.0. The highest BCUT2D eigenvalue weighted by atomic mass is 127. The molecule has 0 saturated heterocycles. The quantitative estimate of drug-likeness (QED) is 0.273. The van der Waals surface area contributed by atoms with Gasteiger partial charge in [-0.05, 0) is 31.4 Å². The van der Waals surface area contributed by atoms with Gasteiger partial charge in [-0.15, -0.1) is 35.3 Å². The number of hydrogen-bond donors (Lipinski definition) is 2. The van der Waals surface area contributed by atoms with E-state index in [1.54, 1.807) is 18.4 Å². The zero-order valence-corrected chi connectivity index (χ0v) is 22.6. The number of thiazole rings is 1. The number of nitrogens with zero attached hydrogens (tertiary/aromatic N) is 4. The van der Waals surface area contributed by atoms with Crippen molar-refractivity contribution in [1.82, 2.24) is 20.1 Å². The Morgan fingerprint density at radius 1 is 1.38 bits per heavy atom. The van der Waals surface area contributed by atoms with Gasteiger partial charge in [-0.25, -0.2) is 4.98 Å². The lowest BCUT2D eigenvalue weighted by molar-refractivity contribution is 0.111. The van der Waals surface area contributed by atoms with Crippen LogP contribution in [0.3, 0.4) is 0 Å². The number of methoxy groups -OCH3 is 1. The predicted octanol–water partition coefficient (Wildman–Crippen LogP) is 3.29. The highest BCUT2D eigenvalue weighted by Gasteiger charge is 2.19. The molecule has 2 atom stereocenters. The zero-order chi connectivity index (χ0) is 22.2. The van der Waals surface area contributed by atoms with Gasteiger partial charge in [0.15, 0.2) is 5.96 Å². The predicted molar refractivity (Wildman–Crippen MR) is 142 cm³/mol. The van der Waals surface area contributed by atoms with Crippen molar-refractivity contribution in [1.29, 1.82) is 0 Å². The number of guanidine groups is 1. The highest BCUT2D eigenvalue weighted by molar-refractivity contribution is 14.0. The van der Waals surface area contributed by atoms with Gasteiger partial charge in [0.25, 0.3) is 0 Å². The molecule has 2 aromatic rings. The minimum atomic E-state index is -0.499. The first-order valence-electron chi connectivity index (χ1n) is 10.9. The van der Waals surface area contributed by atoms with Crippen LogP contribution in [-0.2, 0) is 24.2 Å². The van der Waals surface area contributed by atoms with Crippen molar-refractivity contribution in [3.05, 3.63) is 51.5 Å². The lowest BCUT2D eigenvalue weighted by atomic mass is 10.00. The summed E-state index contributed by atoms with van der Waals surface area (Å²) in [4.78, 5) is 13.7. The maximum absolute atomic E-state index is 10.6. The average molecular weight is 574 g/mol. The van der Waals surface area contributed by atoms with E-state index < -0.39 is 6.10 Å². The van der Waals surface area contributed by atoms with Crippen LogP contribution < -0.4 is 5.32 Å². The number of aliphatic imine (C=N–C) groups is 1. The standard InChI is InChI=1S/C23H35N5O2S.HI/c1-5-24-23(27(3)14-20-16-31-22(26-20)17(2)30-4)25-12-21(29)15-28-11-10-18-8-6-7-9-19(18)13-28;/h6-9,16-17,21,29H,5,10-15H2,1-4H3,(H,24,25);1H. The van der Waals surface area contributed by atoms with Crippen LogP contribution in [0.25, 0.3) is 0 Å². The first-order chi connectivity index (χ1) is 15.0. The van der Waals surface area contributed by atoms with E-state index in [9.17, 15) is 5.11 Å². The van der Waals surface area contributed by atoms with Crippen LogP contribution in [0.5, 0.6) is 0 Å². The van der Waals surface area contributed by atoms with E-state index in [0.717, 1.165) is 42.7 Å². The SMILES string of the molecule is CCNC(=NCC(O)CN1CCc2ccccc2C1)N(C)Cc1csc(C(C)OC)n1.I. The van der Waals surface area contributed by atoms with Crippen molar-refractivity contribution >= 4 is 41.3 Å². The van der Waals surface area contributed by atoms with Crippen molar-refractivity contribution in [2.45, 2.75) is 45.6 Å². The molecule has 0 spiro atoms. The second-order valence-corrected chi connectivity index (χ2v) is 8.90. The fourth-order valence-electron chi connectivity index (χ4n) is 3.73. The van der Waals surface area contributed by atoms with Crippen molar-refractivity contribution in [2.75, 3.05) is 40.3 Å². The zero-order valence-electron chi connectivity index (χ0n) is 19.5. The molecule has 178 valence electrons. The van der Waals surface area contributed by atoms with Crippen LogP contribution in [0.15, 0.2) is 34.6 Å². The molecule has 2 N–H and O–H groups in total. The summed E-state index contributed by atoms with van der Waals surface area (Å²) < 4.78 is 5.35. The number of nitrogens with one attached hydrogen (secondary N) is 1. The molecule has 0 fully saturated rings. The summed E-state index contributed by atoms with van der Waals surface area (Å²) in [6, 6.07) is 8.57. The normalized spacial score (nSPS) is 16.1. The summed E-state index contributed by atoms with van der Waals surface area (Å²) in [6.07, 6.45) is 0.540. The number of halogens is 1. The van der Waals surface area contributed by atoms with Crippen LogP contribution >= 0.6 is 35.3 Å². The van der Waals surface area contributed by atoms with E-state index >= 15 is 0 Å². The Morgan fingerprint density at radius 2 is 2.12 bits per heavy atom. The summed E-state index contributed by atoms with van der Waals surface area (Å²) in [5.74, 6) is 0.778. The smallest absolute Gasteiger partial charge is 0.194 e. The number of aliphatic hydroxyl groups excluding tert-OH is 1. The molecule has 0 aliphatic carbocycles. The molecule has 0 amide bonds. The minimum absolute atomic E-state index is 0. The summed E-state index contributed by atoms with van der Waals surface area (Å²) >= 11 is 1.61. The Balaban J connectivity index is 0.00000363. The van der Waals surface area contributed by atoms with E-state index in [1.807, 2.05) is 25.8 Å². The maximum atomic E-state index is 10.6. The number of rotatable bonds is 9. The van der Waals surface area contributed by atoms with Crippen LogP contribution in [0, 0.1) is 0 Å². The van der Waals surface area contributed by atoms with Crippen molar-refractivity contribution in [3.8, 4) is 0 Å². The van der Waals surface area contributed by atoms with E-state index in [0.29, 0.717) is 19.6 Å². The molecule has 9 heteroatoms. The number of benzene rings is 1. The lowest BCUT2D eigenvalue weighted by Crippen LogP contribution is -2.41. The third-order valence-electron chi connectivity index (χ3n) is 5.50. The van der Waals surface area contributed by atoms with Gasteiger partial charge in [-0.3, -0.25) is 9.89 Å². The lowest BCUT2D eigenvalue weighted by Gasteiger charge is -2.30. The minimum Gasteiger partial charge on any atom is -0.390 e. The maximum Gasteiger partial charge on any atom is 0.194 e. The molecule has 1 aliphatic heterocycles. The van der Waals surface area contributed by atoms with Crippen LogP contribution in [0.2, 0.25) is 0 Å². The van der Waals surface area contributed by atoms with Gasteiger partial charge in [-0.2, -0.15) is 0 Å². The molecule has 1 aliphatic rings. The number of fused-ring (bicyclic) bond motifs is 1. The fraction of sp³-hybridized carbons (Fsp3) is 0.565. The van der Waals surface area contributed by atoms with Crippen molar-refractivity contribution in [2.24, 2.45) is 4.99 Å². The second-order valence-electron chi connectivity index (χ2n) is 8.01. The van der Waals surface area contributed by atoms with Gasteiger partial charge in [0.1, 0.15) is 11.1 Å². The van der Waals surface area contributed by atoms with Gasteiger partial charge >= 0.3 is 0 Å². The van der Waals surface area contributed by atoms with Crippen LogP contribution in [-0.4, -0.2) is 72.3 Å². The number of β-amino-alcohol motifs (C(OH)–C–C–N with tert-alkyl or cyclic N) is 1. The Bertz CT molecular complexity index is 862. The first-order valence-corrected chi connectivity index (χ1v) is 11.8. The number of ether oxygens (including phenoxy) is 1. The molecule has 0 bridgehead atoms. The number of aliphatic hydroxyl groups is 1. The Kier molecular flexibility index (Phi) is 11.3. The molecule has 1 aromatic heterocycles.